The number of ether oxygens (including phenoxy) is 2. The van der Waals surface area contributed by atoms with Crippen LogP contribution in [0, 0.1) is 0 Å². The van der Waals surface area contributed by atoms with Crippen molar-refractivity contribution in [3.8, 4) is 34.4 Å². The highest BCUT2D eigenvalue weighted by Crippen LogP contribution is 2.35. The van der Waals surface area contributed by atoms with Crippen molar-refractivity contribution in [1.82, 2.24) is 15.5 Å². The van der Waals surface area contributed by atoms with Gasteiger partial charge >= 0.3 is 11.8 Å². The molecule has 0 saturated carbocycles. The van der Waals surface area contributed by atoms with Crippen molar-refractivity contribution >= 4 is 40.7 Å². The zero-order valence-electron chi connectivity index (χ0n) is 18.2. The van der Waals surface area contributed by atoms with Crippen LogP contribution in [0.3, 0.4) is 0 Å². The predicted octanol–water partition coefficient (Wildman–Crippen LogP) is 6.52. The maximum absolute atomic E-state index is 12.4. The number of amides is 1. The monoisotopic (exact) mass is 533 g/mol. The lowest BCUT2D eigenvalue weighted by Crippen LogP contribution is -2.23. The van der Waals surface area contributed by atoms with Gasteiger partial charge in [0, 0.05) is 18.2 Å². The number of carbonyl (C=O) groups excluding carboxylic acids is 1. The quantitative estimate of drug-likeness (QED) is 0.265. The molecule has 1 aromatic heterocycles. The second kappa shape index (κ2) is 10.9. The standard InChI is InChI=1S/C24H18Cl3N3O5/c1-2-33-20-8-7-16(11-17(20)25)34-15-5-3-13(4-6-15)12-28-23(32)24-29-22(30-35-24)14-9-18(26)21(31)19(27)10-14/h3-11,31H,2,12H2,1H3,(H,28,32). The number of nitrogens with one attached hydrogen (secondary N) is 1. The minimum Gasteiger partial charge on any atom is -0.505 e. The van der Waals surface area contributed by atoms with E-state index in [0.29, 0.717) is 34.4 Å². The second-order valence-corrected chi connectivity index (χ2v) is 8.39. The van der Waals surface area contributed by atoms with Gasteiger partial charge in [0.25, 0.3) is 0 Å². The van der Waals surface area contributed by atoms with Crippen molar-refractivity contribution in [3.05, 3.63) is 81.1 Å². The third-order valence-corrected chi connectivity index (χ3v) is 5.58. The molecule has 4 aromatic rings. The highest BCUT2D eigenvalue weighted by Gasteiger charge is 2.18. The Bertz CT molecular complexity index is 1340. The first-order valence-electron chi connectivity index (χ1n) is 10.3. The lowest BCUT2D eigenvalue weighted by atomic mass is 10.2. The van der Waals surface area contributed by atoms with Crippen LogP contribution < -0.4 is 14.8 Å². The Morgan fingerprint density at radius 3 is 2.34 bits per heavy atom. The first kappa shape index (κ1) is 24.7. The Balaban J connectivity index is 1.35. The molecule has 1 amide bonds. The lowest BCUT2D eigenvalue weighted by molar-refractivity contribution is 0.0907. The number of aromatic nitrogens is 2. The highest BCUT2D eigenvalue weighted by molar-refractivity contribution is 6.37. The number of aromatic hydroxyl groups is 1. The Labute approximate surface area is 215 Å². The van der Waals surface area contributed by atoms with Gasteiger partial charge in [-0.05, 0) is 48.9 Å². The highest BCUT2D eigenvalue weighted by atomic mass is 35.5. The first-order chi connectivity index (χ1) is 16.8. The van der Waals surface area contributed by atoms with Gasteiger partial charge in [0.1, 0.15) is 17.2 Å². The van der Waals surface area contributed by atoms with Gasteiger partial charge in [0.05, 0.1) is 21.7 Å². The largest absolute Gasteiger partial charge is 0.505 e. The average molecular weight is 535 g/mol. The summed E-state index contributed by atoms with van der Waals surface area (Å²) >= 11 is 18.0. The molecule has 1 heterocycles. The molecule has 3 aromatic carbocycles. The molecule has 4 rings (SSSR count). The van der Waals surface area contributed by atoms with E-state index in [-0.39, 0.29) is 34.1 Å². The van der Waals surface area contributed by atoms with E-state index >= 15 is 0 Å². The molecule has 0 atom stereocenters. The maximum atomic E-state index is 12.4. The number of hydrogen-bond donors (Lipinski definition) is 2. The fourth-order valence-electron chi connectivity index (χ4n) is 3.01. The molecule has 0 unspecified atom stereocenters. The number of nitrogens with zero attached hydrogens (tertiary/aromatic N) is 2. The van der Waals surface area contributed by atoms with E-state index in [2.05, 4.69) is 15.5 Å². The summed E-state index contributed by atoms with van der Waals surface area (Å²) < 4.78 is 16.3. The molecule has 2 N–H and O–H groups in total. The van der Waals surface area contributed by atoms with Crippen LogP contribution in [0.4, 0.5) is 0 Å². The second-order valence-electron chi connectivity index (χ2n) is 7.17. The van der Waals surface area contributed by atoms with Crippen LogP contribution in [0.2, 0.25) is 15.1 Å². The Morgan fingerprint density at radius 1 is 1.00 bits per heavy atom. The maximum Gasteiger partial charge on any atom is 0.316 e. The zero-order valence-corrected chi connectivity index (χ0v) is 20.5. The molecule has 11 heteroatoms. The summed E-state index contributed by atoms with van der Waals surface area (Å²) in [7, 11) is 0. The number of carbonyl (C=O) groups is 1. The average Bonchev–Trinajstić information content (AvgIpc) is 3.34. The molecule has 0 aliphatic heterocycles. The number of phenols is 1. The van der Waals surface area contributed by atoms with Crippen LogP contribution in [-0.2, 0) is 6.54 Å². The van der Waals surface area contributed by atoms with Crippen molar-refractivity contribution in [3.63, 3.8) is 0 Å². The summed E-state index contributed by atoms with van der Waals surface area (Å²) in [5.41, 5.74) is 1.22. The predicted molar refractivity (Wildman–Crippen MR) is 132 cm³/mol. The molecular formula is C24H18Cl3N3O5. The third kappa shape index (κ3) is 5.97. The molecule has 0 aliphatic rings. The topological polar surface area (TPSA) is 107 Å². The SMILES string of the molecule is CCOc1ccc(Oc2ccc(CNC(=O)c3nc(-c4cc(Cl)c(O)c(Cl)c4)no3)cc2)cc1Cl. The number of halogens is 3. The van der Waals surface area contributed by atoms with E-state index in [1.807, 2.05) is 19.1 Å². The van der Waals surface area contributed by atoms with Gasteiger partial charge in [-0.3, -0.25) is 4.79 Å². The van der Waals surface area contributed by atoms with Gasteiger partial charge in [-0.25, -0.2) is 0 Å². The van der Waals surface area contributed by atoms with Crippen molar-refractivity contribution in [2.24, 2.45) is 0 Å². The van der Waals surface area contributed by atoms with Crippen LogP contribution in [0.5, 0.6) is 23.0 Å². The number of rotatable bonds is 8. The van der Waals surface area contributed by atoms with Gasteiger partial charge < -0.3 is 24.4 Å². The van der Waals surface area contributed by atoms with E-state index in [0.717, 1.165) is 5.56 Å². The van der Waals surface area contributed by atoms with E-state index in [1.54, 1.807) is 30.3 Å². The fraction of sp³-hybridized carbons (Fsp3) is 0.125. The molecule has 35 heavy (non-hydrogen) atoms. The minimum atomic E-state index is -0.552. The van der Waals surface area contributed by atoms with Crippen LogP contribution in [0.15, 0.2) is 59.1 Å². The summed E-state index contributed by atoms with van der Waals surface area (Å²) in [6.07, 6.45) is 0. The number of benzene rings is 3. The summed E-state index contributed by atoms with van der Waals surface area (Å²) in [4.78, 5) is 16.5. The van der Waals surface area contributed by atoms with E-state index in [9.17, 15) is 9.90 Å². The van der Waals surface area contributed by atoms with E-state index < -0.39 is 5.91 Å². The molecule has 0 radical (unpaired) electrons. The smallest absolute Gasteiger partial charge is 0.316 e. The van der Waals surface area contributed by atoms with Gasteiger partial charge in [-0.2, -0.15) is 4.98 Å². The molecule has 0 aliphatic carbocycles. The zero-order chi connectivity index (χ0) is 24.9. The molecule has 0 bridgehead atoms. The number of phenolic OH excluding ortho intramolecular Hbond substituents is 1. The Morgan fingerprint density at radius 2 is 1.69 bits per heavy atom. The molecule has 180 valence electrons. The lowest BCUT2D eigenvalue weighted by Gasteiger charge is -2.10. The van der Waals surface area contributed by atoms with Gasteiger partial charge in [-0.1, -0.05) is 52.1 Å². The minimum absolute atomic E-state index is 0.0290. The fourth-order valence-corrected chi connectivity index (χ4v) is 3.73. The molecule has 0 fully saturated rings. The molecule has 0 spiro atoms. The normalized spacial score (nSPS) is 10.7. The van der Waals surface area contributed by atoms with Crippen molar-refractivity contribution in [1.29, 1.82) is 0 Å². The van der Waals surface area contributed by atoms with Crippen molar-refractivity contribution in [2.75, 3.05) is 6.61 Å². The van der Waals surface area contributed by atoms with Crippen LogP contribution in [0.1, 0.15) is 23.2 Å². The molecule has 0 saturated heterocycles. The van der Waals surface area contributed by atoms with Crippen LogP contribution in [-0.4, -0.2) is 27.8 Å². The Hall–Kier alpha value is -3.46. The van der Waals surface area contributed by atoms with Crippen molar-refractivity contribution < 1.29 is 23.9 Å². The van der Waals surface area contributed by atoms with Gasteiger partial charge in [0.2, 0.25) is 5.82 Å². The summed E-state index contributed by atoms with van der Waals surface area (Å²) in [6.45, 7) is 2.63. The Kier molecular flexibility index (Phi) is 7.65. The van der Waals surface area contributed by atoms with Gasteiger partial charge in [0.15, 0.2) is 5.75 Å². The third-order valence-electron chi connectivity index (χ3n) is 4.71. The van der Waals surface area contributed by atoms with E-state index in [4.69, 9.17) is 48.8 Å². The summed E-state index contributed by atoms with van der Waals surface area (Å²) in [6, 6.07) is 15.2. The van der Waals surface area contributed by atoms with Crippen LogP contribution >= 0.6 is 34.8 Å². The van der Waals surface area contributed by atoms with E-state index in [1.165, 1.54) is 12.1 Å². The molecular weight excluding hydrogens is 517 g/mol. The van der Waals surface area contributed by atoms with Gasteiger partial charge in [-0.15, -0.1) is 0 Å². The van der Waals surface area contributed by atoms with Crippen molar-refractivity contribution in [2.45, 2.75) is 13.5 Å². The van der Waals surface area contributed by atoms with Crippen LogP contribution in [0.25, 0.3) is 11.4 Å². The first-order valence-corrected chi connectivity index (χ1v) is 11.5. The summed E-state index contributed by atoms with van der Waals surface area (Å²) in [5.74, 6) is 0.845. The molecule has 8 nitrogen and oxygen atoms in total. The summed E-state index contributed by atoms with van der Waals surface area (Å²) in [5, 5.41) is 16.7. The number of hydrogen-bond acceptors (Lipinski definition) is 7.